The van der Waals surface area contributed by atoms with Gasteiger partial charge < -0.3 is 5.32 Å². The van der Waals surface area contributed by atoms with Gasteiger partial charge >= 0.3 is 0 Å². The van der Waals surface area contributed by atoms with Crippen LogP contribution in [0.4, 0.5) is 8.78 Å². The first-order chi connectivity index (χ1) is 9.01. The van der Waals surface area contributed by atoms with Crippen molar-refractivity contribution in [2.45, 2.75) is 12.5 Å². The van der Waals surface area contributed by atoms with E-state index in [1.807, 2.05) is 13.1 Å². The standard InChI is InChI=1S/C13H11Br2F2NS/c1-18-11(12-6-9(14)13(15)19-12)4-7-2-3-8(16)5-10(7)17/h2-3,5-6,11,18H,4H2,1H3. The van der Waals surface area contributed by atoms with Crippen LogP contribution in [-0.4, -0.2) is 7.05 Å². The van der Waals surface area contributed by atoms with E-state index in [-0.39, 0.29) is 6.04 Å². The van der Waals surface area contributed by atoms with Gasteiger partial charge in [0.1, 0.15) is 11.6 Å². The summed E-state index contributed by atoms with van der Waals surface area (Å²) >= 11 is 8.46. The third kappa shape index (κ3) is 3.62. The third-order valence-electron chi connectivity index (χ3n) is 2.80. The second-order valence-electron chi connectivity index (χ2n) is 4.05. The molecule has 1 heterocycles. The smallest absolute Gasteiger partial charge is 0.129 e. The maximum absolute atomic E-state index is 13.7. The molecule has 1 unspecified atom stereocenters. The molecular weight excluding hydrogens is 400 g/mol. The van der Waals surface area contributed by atoms with E-state index in [0.717, 1.165) is 19.2 Å². The molecule has 0 radical (unpaired) electrons. The zero-order chi connectivity index (χ0) is 14.0. The molecule has 0 aliphatic carbocycles. The molecule has 0 bridgehead atoms. The number of thiophene rings is 1. The van der Waals surface area contributed by atoms with Gasteiger partial charge in [-0.1, -0.05) is 6.07 Å². The van der Waals surface area contributed by atoms with Gasteiger partial charge in [0.25, 0.3) is 0 Å². The molecule has 0 saturated carbocycles. The van der Waals surface area contributed by atoms with Crippen LogP contribution in [0.1, 0.15) is 16.5 Å². The Morgan fingerprint density at radius 2 is 2.00 bits per heavy atom. The predicted octanol–water partition coefficient (Wildman–Crippen LogP) is 5.05. The minimum Gasteiger partial charge on any atom is -0.312 e. The van der Waals surface area contributed by atoms with Gasteiger partial charge in [0.2, 0.25) is 0 Å². The van der Waals surface area contributed by atoms with Crippen LogP contribution in [0.2, 0.25) is 0 Å². The molecule has 1 aromatic heterocycles. The van der Waals surface area contributed by atoms with Crippen molar-refractivity contribution in [2.24, 2.45) is 0 Å². The number of halogens is 4. The molecule has 19 heavy (non-hydrogen) atoms. The molecule has 0 amide bonds. The number of likely N-dealkylation sites (N-methyl/N-ethyl adjacent to an activating group) is 1. The zero-order valence-electron chi connectivity index (χ0n) is 10.0. The lowest BCUT2D eigenvalue weighted by molar-refractivity contribution is 0.544. The highest BCUT2D eigenvalue weighted by atomic mass is 79.9. The minimum absolute atomic E-state index is 0.00689. The van der Waals surface area contributed by atoms with E-state index < -0.39 is 11.6 Å². The summed E-state index contributed by atoms with van der Waals surface area (Å²) < 4.78 is 28.5. The predicted molar refractivity (Wildman–Crippen MR) is 81.6 cm³/mol. The fourth-order valence-electron chi connectivity index (χ4n) is 1.79. The molecular formula is C13H11Br2F2NS. The molecule has 1 nitrogen and oxygen atoms in total. The van der Waals surface area contributed by atoms with Gasteiger partial charge in [0.15, 0.2) is 0 Å². The van der Waals surface area contributed by atoms with Crippen molar-refractivity contribution in [3.8, 4) is 0 Å². The topological polar surface area (TPSA) is 12.0 Å². The molecule has 1 N–H and O–H groups in total. The van der Waals surface area contributed by atoms with Crippen LogP contribution in [-0.2, 0) is 6.42 Å². The number of rotatable bonds is 4. The zero-order valence-corrected chi connectivity index (χ0v) is 14.0. The van der Waals surface area contributed by atoms with Gasteiger partial charge in [-0.3, -0.25) is 0 Å². The van der Waals surface area contributed by atoms with Crippen molar-refractivity contribution >= 4 is 43.2 Å². The summed E-state index contributed by atoms with van der Waals surface area (Å²) in [6, 6.07) is 5.69. The highest BCUT2D eigenvalue weighted by Crippen LogP contribution is 2.36. The fraction of sp³-hybridized carbons (Fsp3) is 0.231. The molecule has 102 valence electrons. The largest absolute Gasteiger partial charge is 0.312 e. The van der Waals surface area contributed by atoms with E-state index in [1.54, 1.807) is 11.3 Å². The summed E-state index contributed by atoms with van der Waals surface area (Å²) in [7, 11) is 1.83. The van der Waals surface area contributed by atoms with Gasteiger partial charge in [-0.2, -0.15) is 0 Å². The fourth-order valence-corrected chi connectivity index (χ4v) is 3.99. The van der Waals surface area contributed by atoms with Crippen LogP contribution in [0.3, 0.4) is 0 Å². The molecule has 0 spiro atoms. The average Bonchev–Trinajstić information content (AvgIpc) is 2.68. The summed E-state index contributed by atoms with van der Waals surface area (Å²) in [6.07, 6.45) is 0.474. The SMILES string of the molecule is CNC(Cc1ccc(F)cc1F)c1cc(Br)c(Br)s1. The van der Waals surface area contributed by atoms with Crippen LogP contribution in [0.15, 0.2) is 32.5 Å². The maximum atomic E-state index is 13.7. The Labute approximate surface area is 131 Å². The second-order valence-corrected chi connectivity index (χ2v) is 7.31. The summed E-state index contributed by atoms with van der Waals surface area (Å²) in [4.78, 5) is 1.09. The lowest BCUT2D eigenvalue weighted by atomic mass is 10.0. The van der Waals surface area contributed by atoms with E-state index in [2.05, 4.69) is 37.2 Å². The minimum atomic E-state index is -0.552. The molecule has 0 saturated heterocycles. The van der Waals surface area contributed by atoms with Gasteiger partial charge in [-0.05, 0) is 63.0 Å². The van der Waals surface area contributed by atoms with Gasteiger partial charge in [0.05, 0.1) is 3.79 Å². The number of benzene rings is 1. The van der Waals surface area contributed by atoms with E-state index >= 15 is 0 Å². The monoisotopic (exact) mass is 409 g/mol. The summed E-state index contributed by atoms with van der Waals surface area (Å²) in [5, 5.41) is 3.16. The Kier molecular flexibility index (Phi) is 5.11. The third-order valence-corrected chi connectivity index (χ3v) is 6.17. The summed E-state index contributed by atoms with van der Waals surface area (Å²) in [6.45, 7) is 0. The number of nitrogens with one attached hydrogen (secondary N) is 1. The van der Waals surface area contributed by atoms with Crippen LogP contribution >= 0.6 is 43.2 Å². The Morgan fingerprint density at radius 3 is 2.53 bits per heavy atom. The van der Waals surface area contributed by atoms with Crippen LogP contribution < -0.4 is 5.32 Å². The Morgan fingerprint density at radius 1 is 1.26 bits per heavy atom. The molecule has 0 aliphatic heterocycles. The first kappa shape index (κ1) is 15.1. The van der Waals surface area contributed by atoms with Gasteiger partial charge in [-0.15, -0.1) is 11.3 Å². The van der Waals surface area contributed by atoms with E-state index in [0.29, 0.717) is 12.0 Å². The number of hydrogen-bond donors (Lipinski definition) is 1. The Hall–Kier alpha value is -0.300. The molecule has 0 aliphatic rings. The molecule has 1 atom stereocenters. The van der Waals surface area contributed by atoms with E-state index in [1.165, 1.54) is 12.1 Å². The first-order valence-electron chi connectivity index (χ1n) is 5.57. The molecule has 6 heteroatoms. The Bertz CT molecular complexity index is 567. The lowest BCUT2D eigenvalue weighted by Crippen LogP contribution is -2.18. The van der Waals surface area contributed by atoms with E-state index in [4.69, 9.17) is 0 Å². The highest BCUT2D eigenvalue weighted by molar-refractivity contribution is 9.13. The lowest BCUT2D eigenvalue weighted by Gasteiger charge is -2.15. The Balaban J connectivity index is 2.23. The van der Waals surface area contributed by atoms with Crippen LogP contribution in [0.5, 0.6) is 0 Å². The second kappa shape index (κ2) is 6.43. The molecule has 2 rings (SSSR count). The highest BCUT2D eigenvalue weighted by Gasteiger charge is 2.16. The summed E-state index contributed by atoms with van der Waals surface area (Å²) in [5.74, 6) is -1.06. The number of hydrogen-bond acceptors (Lipinski definition) is 2. The van der Waals surface area contributed by atoms with Gasteiger partial charge in [-0.25, -0.2) is 8.78 Å². The van der Waals surface area contributed by atoms with Crippen molar-refractivity contribution in [1.82, 2.24) is 5.32 Å². The van der Waals surface area contributed by atoms with E-state index in [9.17, 15) is 8.78 Å². The van der Waals surface area contributed by atoms with Crippen molar-refractivity contribution in [1.29, 1.82) is 0 Å². The normalized spacial score (nSPS) is 12.7. The van der Waals surface area contributed by atoms with Crippen molar-refractivity contribution < 1.29 is 8.78 Å². The molecule has 2 aromatic rings. The summed E-state index contributed by atoms with van der Waals surface area (Å²) in [5.41, 5.74) is 0.501. The van der Waals surface area contributed by atoms with Crippen molar-refractivity contribution in [2.75, 3.05) is 7.05 Å². The average molecular weight is 411 g/mol. The van der Waals surface area contributed by atoms with Crippen molar-refractivity contribution in [3.05, 3.63) is 54.6 Å². The van der Waals surface area contributed by atoms with Gasteiger partial charge in [0, 0.05) is 21.5 Å². The molecule has 1 aromatic carbocycles. The first-order valence-corrected chi connectivity index (χ1v) is 7.97. The van der Waals surface area contributed by atoms with Crippen LogP contribution in [0, 0.1) is 11.6 Å². The quantitative estimate of drug-likeness (QED) is 0.743. The van der Waals surface area contributed by atoms with Crippen molar-refractivity contribution in [3.63, 3.8) is 0 Å². The maximum Gasteiger partial charge on any atom is 0.129 e. The van der Waals surface area contributed by atoms with Crippen LogP contribution in [0.25, 0.3) is 0 Å². The molecule has 0 fully saturated rings.